The largest absolute Gasteiger partial charge is 0.293 e. The SMILES string of the molecule is Cc1cc(C)c(C(c2ccc(N(c3cncc(-c4ccccc4)n3)c3ccccc3-c3ccccc3)cc2)c2c(C)cc(C)cc2C)c(C)c1. The van der Waals surface area contributed by atoms with E-state index in [9.17, 15) is 0 Å². The number of anilines is 3. The smallest absolute Gasteiger partial charge is 0.156 e. The molecule has 0 aliphatic rings. The maximum Gasteiger partial charge on any atom is 0.156 e. The van der Waals surface area contributed by atoms with E-state index in [1.165, 1.54) is 50.1 Å². The van der Waals surface area contributed by atoms with Crippen LogP contribution in [0.25, 0.3) is 22.4 Å². The van der Waals surface area contributed by atoms with Gasteiger partial charge in [0.25, 0.3) is 0 Å². The van der Waals surface area contributed by atoms with Crippen molar-refractivity contribution in [1.82, 2.24) is 9.97 Å². The minimum absolute atomic E-state index is 0.0940. The Morgan fingerprint density at radius 2 is 1.00 bits per heavy atom. The minimum atomic E-state index is 0.0940. The average Bonchev–Trinajstić information content (AvgIpc) is 3.12. The van der Waals surface area contributed by atoms with Crippen LogP contribution in [0.3, 0.4) is 0 Å². The molecule has 3 heteroatoms. The summed E-state index contributed by atoms with van der Waals surface area (Å²) < 4.78 is 0. The monoisotopic (exact) mass is 649 g/mol. The van der Waals surface area contributed by atoms with Gasteiger partial charge in [0.15, 0.2) is 5.82 Å². The standard InChI is InChI=1S/C47H43N3/c1-31-25-33(3)45(34(4)26-31)47(46-35(5)27-32(2)28-36(46)6)39-21-23-40(24-22-39)50(43-20-14-13-19-41(43)37-15-9-7-10-16-37)44-30-48-29-42(49-44)38-17-11-8-12-18-38/h7-30,47H,1-6H3. The minimum Gasteiger partial charge on any atom is -0.293 e. The summed E-state index contributed by atoms with van der Waals surface area (Å²) in [4.78, 5) is 12.2. The van der Waals surface area contributed by atoms with Crippen molar-refractivity contribution in [3.8, 4) is 22.4 Å². The Hall–Kier alpha value is -5.80. The molecule has 0 fully saturated rings. The Morgan fingerprint density at radius 3 is 1.56 bits per heavy atom. The van der Waals surface area contributed by atoms with Crippen molar-refractivity contribution >= 4 is 17.2 Å². The summed E-state index contributed by atoms with van der Waals surface area (Å²) in [5.74, 6) is 0.853. The molecule has 0 atom stereocenters. The molecule has 0 bridgehead atoms. The van der Waals surface area contributed by atoms with Crippen molar-refractivity contribution < 1.29 is 0 Å². The molecule has 3 nitrogen and oxygen atoms in total. The lowest BCUT2D eigenvalue weighted by molar-refractivity contribution is 0.919. The lowest BCUT2D eigenvalue weighted by Gasteiger charge is -2.29. The summed E-state index contributed by atoms with van der Waals surface area (Å²) in [6.07, 6.45) is 3.70. The highest BCUT2D eigenvalue weighted by atomic mass is 15.2. The van der Waals surface area contributed by atoms with Gasteiger partial charge < -0.3 is 0 Å². The van der Waals surface area contributed by atoms with E-state index < -0.39 is 0 Å². The molecule has 1 aromatic heterocycles. The fourth-order valence-electron chi connectivity index (χ4n) is 7.72. The Morgan fingerprint density at radius 1 is 0.500 bits per heavy atom. The van der Waals surface area contributed by atoms with Crippen LogP contribution in [0.15, 0.2) is 146 Å². The third-order valence-corrected chi connectivity index (χ3v) is 9.69. The van der Waals surface area contributed by atoms with E-state index in [0.717, 1.165) is 39.6 Å². The van der Waals surface area contributed by atoms with Crippen molar-refractivity contribution in [3.05, 3.63) is 196 Å². The molecule has 7 rings (SSSR count). The summed E-state index contributed by atoms with van der Waals surface area (Å²) in [5, 5.41) is 0. The summed E-state index contributed by atoms with van der Waals surface area (Å²) >= 11 is 0. The zero-order valence-electron chi connectivity index (χ0n) is 29.8. The van der Waals surface area contributed by atoms with Crippen LogP contribution >= 0.6 is 0 Å². The fraction of sp³-hybridized carbons (Fsp3) is 0.149. The normalized spacial score (nSPS) is 11.2. The number of hydrogen-bond donors (Lipinski definition) is 0. The molecular formula is C47H43N3. The quantitative estimate of drug-likeness (QED) is 0.153. The zero-order valence-corrected chi connectivity index (χ0v) is 29.8. The van der Waals surface area contributed by atoms with Gasteiger partial charge in [-0.05, 0) is 104 Å². The van der Waals surface area contributed by atoms with E-state index in [2.05, 4.69) is 162 Å². The third kappa shape index (κ3) is 6.47. The van der Waals surface area contributed by atoms with Crippen LogP contribution in [0.2, 0.25) is 0 Å². The van der Waals surface area contributed by atoms with E-state index >= 15 is 0 Å². The molecule has 0 saturated heterocycles. The maximum atomic E-state index is 5.21. The first kappa shape index (κ1) is 32.7. The topological polar surface area (TPSA) is 29.0 Å². The number of benzene rings is 6. The first-order chi connectivity index (χ1) is 24.3. The fourth-order valence-corrected chi connectivity index (χ4v) is 7.72. The number of nitrogens with zero attached hydrogens (tertiary/aromatic N) is 3. The van der Waals surface area contributed by atoms with Gasteiger partial charge in [0, 0.05) is 22.7 Å². The Labute approximate surface area is 297 Å². The van der Waals surface area contributed by atoms with Gasteiger partial charge in [0.05, 0.1) is 23.8 Å². The van der Waals surface area contributed by atoms with Crippen LogP contribution in [0, 0.1) is 41.5 Å². The van der Waals surface area contributed by atoms with Crippen molar-refractivity contribution in [3.63, 3.8) is 0 Å². The second kappa shape index (κ2) is 14.0. The molecule has 0 aliphatic heterocycles. The second-order valence-electron chi connectivity index (χ2n) is 13.5. The summed E-state index contributed by atoms with van der Waals surface area (Å²) in [5.41, 5.74) is 18.1. The van der Waals surface area contributed by atoms with Gasteiger partial charge >= 0.3 is 0 Å². The van der Waals surface area contributed by atoms with E-state index in [1.807, 2.05) is 30.6 Å². The second-order valence-corrected chi connectivity index (χ2v) is 13.5. The Kier molecular flexibility index (Phi) is 9.15. The molecule has 0 N–H and O–H groups in total. The van der Waals surface area contributed by atoms with Crippen molar-refractivity contribution in [1.29, 1.82) is 0 Å². The van der Waals surface area contributed by atoms with Gasteiger partial charge in [0.1, 0.15) is 0 Å². The molecule has 0 amide bonds. The molecule has 1 heterocycles. The summed E-state index contributed by atoms with van der Waals surface area (Å²) in [6, 6.07) is 47.8. The number of rotatable bonds is 8. The number of para-hydroxylation sites is 1. The maximum absolute atomic E-state index is 5.21. The lowest BCUT2D eigenvalue weighted by atomic mass is 9.77. The van der Waals surface area contributed by atoms with Gasteiger partial charge in [0.2, 0.25) is 0 Å². The van der Waals surface area contributed by atoms with E-state index in [-0.39, 0.29) is 5.92 Å². The van der Waals surface area contributed by atoms with Crippen molar-refractivity contribution in [2.24, 2.45) is 0 Å². The highest BCUT2D eigenvalue weighted by molar-refractivity contribution is 5.87. The first-order valence-electron chi connectivity index (χ1n) is 17.4. The Balaban J connectivity index is 1.42. The third-order valence-electron chi connectivity index (χ3n) is 9.69. The van der Waals surface area contributed by atoms with Gasteiger partial charge in [-0.3, -0.25) is 9.88 Å². The molecule has 0 radical (unpaired) electrons. The highest BCUT2D eigenvalue weighted by Crippen LogP contribution is 2.43. The predicted octanol–water partition coefficient (Wildman–Crippen LogP) is 12.3. The molecule has 0 saturated carbocycles. The molecule has 0 unspecified atom stereocenters. The van der Waals surface area contributed by atoms with Gasteiger partial charge in [-0.25, -0.2) is 4.98 Å². The number of hydrogen-bond acceptors (Lipinski definition) is 3. The van der Waals surface area contributed by atoms with Gasteiger partial charge in [-0.2, -0.15) is 0 Å². The van der Waals surface area contributed by atoms with Gasteiger partial charge in [-0.1, -0.05) is 126 Å². The highest BCUT2D eigenvalue weighted by Gasteiger charge is 2.26. The van der Waals surface area contributed by atoms with Crippen LogP contribution < -0.4 is 4.90 Å². The summed E-state index contributed by atoms with van der Waals surface area (Å²) in [7, 11) is 0. The van der Waals surface area contributed by atoms with Crippen molar-refractivity contribution in [2.75, 3.05) is 4.90 Å². The summed E-state index contributed by atoms with van der Waals surface area (Å²) in [6.45, 7) is 13.4. The Bertz CT molecular complexity index is 2170. The van der Waals surface area contributed by atoms with Gasteiger partial charge in [-0.15, -0.1) is 0 Å². The van der Waals surface area contributed by atoms with E-state index in [1.54, 1.807) is 0 Å². The van der Waals surface area contributed by atoms with Crippen LogP contribution in [0.5, 0.6) is 0 Å². The zero-order chi connectivity index (χ0) is 34.8. The first-order valence-corrected chi connectivity index (χ1v) is 17.4. The molecule has 246 valence electrons. The van der Waals surface area contributed by atoms with Crippen LogP contribution in [0.4, 0.5) is 17.2 Å². The lowest BCUT2D eigenvalue weighted by Crippen LogP contribution is -2.14. The number of aromatic nitrogens is 2. The molecule has 0 aliphatic carbocycles. The molecule has 0 spiro atoms. The van der Waals surface area contributed by atoms with Crippen LogP contribution in [0.1, 0.15) is 56.0 Å². The van der Waals surface area contributed by atoms with Crippen LogP contribution in [-0.2, 0) is 0 Å². The predicted molar refractivity (Wildman–Crippen MR) is 210 cm³/mol. The number of aryl methyl sites for hydroxylation is 6. The van der Waals surface area contributed by atoms with Crippen LogP contribution in [-0.4, -0.2) is 9.97 Å². The molecular weight excluding hydrogens is 607 g/mol. The molecule has 7 aromatic rings. The average molecular weight is 650 g/mol. The molecule has 50 heavy (non-hydrogen) atoms. The molecule has 6 aromatic carbocycles. The van der Waals surface area contributed by atoms with E-state index in [4.69, 9.17) is 9.97 Å². The van der Waals surface area contributed by atoms with E-state index in [0.29, 0.717) is 0 Å². The van der Waals surface area contributed by atoms with Crippen molar-refractivity contribution in [2.45, 2.75) is 47.5 Å².